The zero-order valence-corrected chi connectivity index (χ0v) is 21.0. The first-order valence-electron chi connectivity index (χ1n) is 6.31. The van der Waals surface area contributed by atoms with E-state index in [0.29, 0.717) is 11.5 Å². The van der Waals surface area contributed by atoms with Crippen LogP contribution in [0.25, 0.3) is 0 Å². The van der Waals surface area contributed by atoms with E-state index in [1.807, 2.05) is 45.2 Å². The van der Waals surface area contributed by atoms with Crippen molar-refractivity contribution < 1.29 is 49.3 Å². The fourth-order valence-electron chi connectivity index (χ4n) is 1.75. The van der Waals surface area contributed by atoms with Gasteiger partial charge in [-0.05, 0) is 68.9 Å². The second-order valence-corrected chi connectivity index (χ2v) is 8.89. The Bertz CT molecular complexity index is 725. The Kier molecular flexibility index (Phi) is 9.04. The third kappa shape index (κ3) is 5.58. The average Bonchev–Trinajstić information content (AvgIpc) is 2.50. The number of ether oxygens (including phenoxy) is 1. The summed E-state index contributed by atoms with van der Waals surface area (Å²) in [5, 5.41) is 20.4. The monoisotopic (exact) mass is 673 g/mol. The maximum atomic E-state index is 11.2. The maximum Gasteiger partial charge on any atom is 1.00 e. The molecule has 0 fully saturated rings. The summed E-state index contributed by atoms with van der Waals surface area (Å²) in [6, 6.07) is 11.6. The van der Waals surface area contributed by atoms with Crippen molar-refractivity contribution in [3.05, 3.63) is 51.6 Å². The molecular formula is C15H11I3NNaO4. The van der Waals surface area contributed by atoms with Crippen molar-refractivity contribution >= 4 is 73.7 Å². The molecule has 9 heteroatoms. The van der Waals surface area contributed by atoms with Crippen LogP contribution in [0.2, 0.25) is 0 Å². The van der Waals surface area contributed by atoms with E-state index >= 15 is 0 Å². The van der Waals surface area contributed by atoms with Crippen LogP contribution in [0.5, 0.6) is 17.2 Å². The van der Waals surface area contributed by atoms with E-state index in [2.05, 4.69) is 0 Å². The molecule has 2 atom stereocenters. The van der Waals surface area contributed by atoms with Crippen molar-refractivity contribution in [2.75, 3.05) is 0 Å². The molecule has 0 spiro atoms. The van der Waals surface area contributed by atoms with Gasteiger partial charge in [-0.1, -0.05) is 46.9 Å². The van der Waals surface area contributed by atoms with Gasteiger partial charge < -0.3 is 20.7 Å². The maximum absolute atomic E-state index is 11.2. The van der Waals surface area contributed by atoms with Gasteiger partial charge in [-0.2, -0.15) is 0 Å². The number of aliphatic carboxylic acids is 1. The number of hydrogen-bond donors (Lipinski definition) is 2. The standard InChI is InChI=1S/C15H12I3NO4.Na/c16-11-7-9(20)3-6-12(11)23-10-4-1-8(2-5-10)13(17)15(18,19)14(21)22;/h1-7,13,20H,19H2,(H,21,22);/q;+1/p-1/t13-,15-;/m1./s1. The Morgan fingerprint density at radius 1 is 1.25 bits per heavy atom. The van der Waals surface area contributed by atoms with E-state index < -0.39 is 13.4 Å². The number of benzene rings is 2. The van der Waals surface area contributed by atoms with Crippen molar-refractivity contribution in [1.82, 2.24) is 0 Å². The van der Waals surface area contributed by atoms with Crippen LogP contribution in [0.4, 0.5) is 0 Å². The number of hydrogen-bond acceptors (Lipinski definition) is 4. The first-order chi connectivity index (χ1) is 10.7. The summed E-state index contributed by atoms with van der Waals surface area (Å²) < 4.78 is 4.68. The number of alkyl halides is 2. The summed E-state index contributed by atoms with van der Waals surface area (Å²) in [4.78, 5) is 11.2. The molecule has 2 aromatic carbocycles. The predicted molar refractivity (Wildman–Crippen MR) is 110 cm³/mol. The molecule has 5 nitrogen and oxygen atoms in total. The van der Waals surface area contributed by atoms with Gasteiger partial charge in [-0.3, -0.25) is 0 Å². The summed E-state index contributed by atoms with van der Waals surface area (Å²) in [6.45, 7) is 0. The van der Waals surface area contributed by atoms with Crippen LogP contribution in [0, 0.1) is 3.57 Å². The molecule has 0 heterocycles. The van der Waals surface area contributed by atoms with Gasteiger partial charge in [-0.25, -0.2) is 4.79 Å². The molecule has 2 rings (SSSR count). The van der Waals surface area contributed by atoms with E-state index in [0.717, 1.165) is 9.13 Å². The number of halogens is 3. The zero-order chi connectivity index (χ0) is 17.2. The minimum atomic E-state index is -1.39. The summed E-state index contributed by atoms with van der Waals surface area (Å²) >= 11 is 5.80. The van der Waals surface area contributed by atoms with E-state index in [4.69, 9.17) is 10.5 Å². The molecule has 0 aliphatic heterocycles. The molecule has 0 radical (unpaired) electrons. The van der Waals surface area contributed by atoms with Crippen molar-refractivity contribution in [2.45, 2.75) is 7.47 Å². The Hall–Kier alpha value is 0.660. The van der Waals surface area contributed by atoms with Crippen LogP contribution in [-0.4, -0.2) is 14.6 Å². The minimum absolute atomic E-state index is 0. The number of carboxylic acid groups (broad SMARTS) is 1. The molecule has 3 N–H and O–H groups in total. The summed E-state index contributed by atoms with van der Waals surface area (Å²) in [6.07, 6.45) is 0. The molecule has 0 unspecified atom stereocenters. The number of rotatable bonds is 5. The molecule has 0 amide bonds. The van der Waals surface area contributed by atoms with E-state index in [-0.39, 0.29) is 35.3 Å². The van der Waals surface area contributed by atoms with Gasteiger partial charge >= 0.3 is 35.5 Å². The molecule has 0 saturated carbocycles. The molecule has 0 aromatic heterocycles. The van der Waals surface area contributed by atoms with Crippen LogP contribution < -0.4 is 45.1 Å². The predicted octanol–water partition coefficient (Wildman–Crippen LogP) is 0.812. The van der Waals surface area contributed by atoms with E-state index in [1.54, 1.807) is 52.9 Å². The van der Waals surface area contributed by atoms with Crippen molar-refractivity contribution in [2.24, 2.45) is 5.73 Å². The Labute approximate surface area is 202 Å². The third-order valence-electron chi connectivity index (χ3n) is 3.00. The Morgan fingerprint density at radius 2 is 1.83 bits per heavy atom. The van der Waals surface area contributed by atoms with E-state index in [9.17, 15) is 15.0 Å². The molecule has 0 bridgehead atoms. The van der Waals surface area contributed by atoms with Gasteiger partial charge in [0.25, 0.3) is 0 Å². The quantitative estimate of drug-likeness (QED) is 0.212. The van der Waals surface area contributed by atoms with E-state index in [1.165, 1.54) is 12.1 Å². The molecule has 0 saturated heterocycles. The SMILES string of the molecule is N[C@@](I)(C(=O)O)[C@H](I)c1ccc(Oc2ccc([O-])cc2I)cc1.[Na+]. The molecule has 24 heavy (non-hydrogen) atoms. The van der Waals surface area contributed by atoms with Gasteiger partial charge in [0.15, 0.2) is 3.55 Å². The fourth-order valence-corrected chi connectivity index (χ4v) is 3.39. The molecular weight excluding hydrogens is 662 g/mol. The first-order valence-corrected chi connectivity index (χ1v) is 9.71. The van der Waals surface area contributed by atoms with Gasteiger partial charge in [0.05, 0.1) is 7.49 Å². The molecule has 2 aromatic rings. The van der Waals surface area contributed by atoms with Crippen LogP contribution in [-0.2, 0) is 4.79 Å². The zero-order valence-electron chi connectivity index (χ0n) is 12.5. The normalized spacial score (nSPS) is 14.2. The summed E-state index contributed by atoms with van der Waals surface area (Å²) in [5.41, 5.74) is 6.64. The van der Waals surface area contributed by atoms with Gasteiger partial charge in [0.2, 0.25) is 0 Å². The van der Waals surface area contributed by atoms with Crippen molar-refractivity contribution in [3.63, 3.8) is 0 Å². The topological polar surface area (TPSA) is 95.6 Å². The van der Waals surface area contributed by atoms with Crippen LogP contribution in [0.3, 0.4) is 0 Å². The minimum Gasteiger partial charge on any atom is -0.872 e. The van der Waals surface area contributed by atoms with Gasteiger partial charge in [0.1, 0.15) is 11.5 Å². The van der Waals surface area contributed by atoms with Crippen LogP contribution >= 0.6 is 67.8 Å². The molecule has 0 aliphatic rings. The van der Waals surface area contributed by atoms with Gasteiger partial charge in [0, 0.05) is 0 Å². The largest absolute Gasteiger partial charge is 1.00 e. The number of nitrogens with two attached hydrogens (primary N) is 1. The van der Waals surface area contributed by atoms with Crippen molar-refractivity contribution in [1.29, 1.82) is 0 Å². The van der Waals surface area contributed by atoms with Crippen LogP contribution in [0.1, 0.15) is 9.49 Å². The second-order valence-electron chi connectivity index (χ2n) is 4.70. The number of carbonyl (C=O) groups is 1. The smallest absolute Gasteiger partial charge is 0.872 e. The first kappa shape index (κ1) is 22.7. The molecule has 0 aliphatic carbocycles. The summed E-state index contributed by atoms with van der Waals surface area (Å²) in [7, 11) is 0. The third-order valence-corrected chi connectivity index (χ3v) is 7.82. The fraction of sp³-hybridized carbons (Fsp3) is 0.133. The Balaban J connectivity index is 0.00000288. The van der Waals surface area contributed by atoms with Gasteiger partial charge in [-0.15, -0.1) is 5.75 Å². The average molecular weight is 673 g/mol. The Morgan fingerprint density at radius 3 is 2.33 bits per heavy atom. The van der Waals surface area contributed by atoms with Crippen LogP contribution in [0.15, 0.2) is 42.5 Å². The summed E-state index contributed by atoms with van der Waals surface area (Å²) in [5.74, 6) is 0.0572. The number of carboxylic acids is 1. The second kappa shape index (κ2) is 9.55. The van der Waals surface area contributed by atoms with Crippen molar-refractivity contribution in [3.8, 4) is 17.2 Å². The molecule has 122 valence electrons.